The third-order valence-electron chi connectivity index (χ3n) is 4.72. The molecule has 114 valence electrons. The summed E-state index contributed by atoms with van der Waals surface area (Å²) < 4.78 is 14.6. The molecule has 1 saturated carbocycles. The Bertz CT molecular complexity index is 746. The van der Waals surface area contributed by atoms with Crippen molar-refractivity contribution in [3.05, 3.63) is 45.5 Å². The molecule has 1 spiro atoms. The summed E-state index contributed by atoms with van der Waals surface area (Å²) >= 11 is 9.22. The van der Waals surface area contributed by atoms with Gasteiger partial charge in [-0.1, -0.05) is 24.4 Å². The zero-order valence-corrected chi connectivity index (χ0v) is 14.2. The molecule has 0 atom stereocenters. The largest absolute Gasteiger partial charge is 0.324 e. The Balaban J connectivity index is 1.84. The molecule has 0 saturated heterocycles. The number of nitrogens with zero attached hydrogens (tertiary/aromatic N) is 3. The molecule has 22 heavy (non-hydrogen) atoms. The van der Waals surface area contributed by atoms with Gasteiger partial charge in [0.1, 0.15) is 10.4 Å². The van der Waals surface area contributed by atoms with E-state index in [0.717, 1.165) is 41.2 Å². The first-order valence-corrected chi connectivity index (χ1v) is 8.52. The van der Waals surface area contributed by atoms with E-state index in [0.29, 0.717) is 0 Å². The van der Waals surface area contributed by atoms with Crippen molar-refractivity contribution in [2.75, 3.05) is 11.4 Å². The minimum Gasteiger partial charge on any atom is -0.324 e. The molecule has 2 heterocycles. The molecule has 3 nitrogen and oxygen atoms in total. The standard InChI is InChI=1S/C16H14BrClFN3/c17-13-8-20-15-14(21-13)16(5-1-2-6-16)9-22(15)10-3-4-11(18)12(19)7-10/h3-4,7-8H,1-2,5-6,9H2. The van der Waals surface area contributed by atoms with Gasteiger partial charge in [0.25, 0.3) is 0 Å². The predicted octanol–water partition coefficient (Wildman–Crippen LogP) is 5.00. The van der Waals surface area contributed by atoms with E-state index in [-0.39, 0.29) is 10.4 Å². The van der Waals surface area contributed by atoms with Crippen molar-refractivity contribution in [2.24, 2.45) is 0 Å². The van der Waals surface area contributed by atoms with Crippen LogP contribution in [0, 0.1) is 5.82 Å². The summed E-state index contributed by atoms with van der Waals surface area (Å²) in [5, 5.41) is 0.139. The fourth-order valence-corrected chi connectivity index (χ4v) is 4.08. The Morgan fingerprint density at radius 1 is 1.27 bits per heavy atom. The molecule has 4 rings (SSSR count). The van der Waals surface area contributed by atoms with Gasteiger partial charge in [-0.05, 0) is 47.0 Å². The molecule has 6 heteroatoms. The quantitative estimate of drug-likeness (QED) is 0.695. The van der Waals surface area contributed by atoms with Gasteiger partial charge in [-0.3, -0.25) is 0 Å². The van der Waals surface area contributed by atoms with Crippen LogP contribution in [-0.4, -0.2) is 16.5 Å². The average Bonchev–Trinajstić information content (AvgIpc) is 3.09. The lowest BCUT2D eigenvalue weighted by Gasteiger charge is -2.24. The number of rotatable bonds is 1. The molecule has 0 amide bonds. The van der Waals surface area contributed by atoms with Crippen molar-refractivity contribution in [1.29, 1.82) is 0 Å². The van der Waals surface area contributed by atoms with Gasteiger partial charge in [-0.25, -0.2) is 14.4 Å². The molecule has 1 aromatic carbocycles. The SMILES string of the molecule is Fc1cc(N2CC3(CCCC3)c3nc(Br)cnc32)ccc1Cl. The highest BCUT2D eigenvalue weighted by Crippen LogP contribution is 2.51. The lowest BCUT2D eigenvalue weighted by molar-refractivity contribution is 0.464. The lowest BCUT2D eigenvalue weighted by atomic mass is 9.85. The molecular weight excluding hydrogens is 369 g/mol. The van der Waals surface area contributed by atoms with Crippen molar-refractivity contribution in [3.63, 3.8) is 0 Å². The zero-order chi connectivity index (χ0) is 15.3. The Morgan fingerprint density at radius 2 is 2.05 bits per heavy atom. The second-order valence-corrected chi connectivity index (χ2v) is 7.26. The molecule has 0 unspecified atom stereocenters. The second-order valence-electron chi connectivity index (χ2n) is 6.04. The third kappa shape index (κ3) is 2.14. The first-order valence-electron chi connectivity index (χ1n) is 7.35. The van der Waals surface area contributed by atoms with E-state index in [1.807, 2.05) is 6.07 Å². The second kappa shape index (κ2) is 5.17. The van der Waals surface area contributed by atoms with E-state index in [1.54, 1.807) is 12.3 Å². The van der Waals surface area contributed by atoms with Crippen molar-refractivity contribution < 1.29 is 4.39 Å². The van der Waals surface area contributed by atoms with Crippen molar-refractivity contribution in [3.8, 4) is 0 Å². The number of hydrogen-bond acceptors (Lipinski definition) is 3. The summed E-state index contributed by atoms with van der Waals surface area (Å²) in [5.74, 6) is 0.435. The van der Waals surface area contributed by atoms with Gasteiger partial charge >= 0.3 is 0 Å². The Morgan fingerprint density at radius 3 is 2.77 bits per heavy atom. The Kier molecular flexibility index (Phi) is 3.38. The molecule has 1 aromatic heterocycles. The van der Waals surface area contributed by atoms with Crippen molar-refractivity contribution >= 4 is 39.0 Å². The summed E-state index contributed by atoms with van der Waals surface area (Å²) in [4.78, 5) is 11.3. The predicted molar refractivity (Wildman–Crippen MR) is 88.3 cm³/mol. The number of fused-ring (bicyclic) bond motifs is 2. The van der Waals surface area contributed by atoms with Gasteiger partial charge in [0.2, 0.25) is 0 Å². The van der Waals surface area contributed by atoms with E-state index in [1.165, 1.54) is 18.9 Å². The maximum Gasteiger partial charge on any atom is 0.155 e. The molecule has 1 aliphatic heterocycles. The highest BCUT2D eigenvalue weighted by molar-refractivity contribution is 9.10. The molecule has 0 radical (unpaired) electrons. The molecule has 1 aliphatic carbocycles. The smallest absolute Gasteiger partial charge is 0.155 e. The molecule has 1 fully saturated rings. The first kappa shape index (κ1) is 14.4. The summed E-state index contributed by atoms with van der Waals surface area (Å²) in [6.45, 7) is 0.805. The van der Waals surface area contributed by atoms with Crippen LogP contribution in [0.4, 0.5) is 15.9 Å². The number of aromatic nitrogens is 2. The minimum absolute atomic E-state index is 0.0439. The molecular formula is C16H14BrClFN3. The van der Waals surface area contributed by atoms with Gasteiger partial charge in [-0.15, -0.1) is 0 Å². The van der Waals surface area contributed by atoms with E-state index in [2.05, 4.69) is 25.8 Å². The fraction of sp³-hybridized carbons (Fsp3) is 0.375. The highest BCUT2D eigenvalue weighted by atomic mass is 79.9. The summed E-state index contributed by atoms with van der Waals surface area (Å²) in [5.41, 5.74) is 1.86. The van der Waals surface area contributed by atoms with E-state index in [9.17, 15) is 4.39 Å². The van der Waals surface area contributed by atoms with Crippen LogP contribution < -0.4 is 4.90 Å². The van der Waals surface area contributed by atoms with Crippen LogP contribution in [0.15, 0.2) is 29.0 Å². The third-order valence-corrected chi connectivity index (χ3v) is 5.41. The van der Waals surface area contributed by atoms with Crippen LogP contribution in [0.2, 0.25) is 5.02 Å². The number of benzene rings is 1. The molecule has 2 aromatic rings. The normalized spacial score (nSPS) is 19.0. The van der Waals surface area contributed by atoms with Crippen molar-refractivity contribution in [1.82, 2.24) is 9.97 Å². The molecule has 0 N–H and O–H groups in total. The average molecular weight is 383 g/mol. The van der Waals surface area contributed by atoms with E-state index >= 15 is 0 Å². The van der Waals surface area contributed by atoms with Crippen LogP contribution in [0.1, 0.15) is 31.4 Å². The van der Waals surface area contributed by atoms with Crippen LogP contribution in [0.3, 0.4) is 0 Å². The van der Waals surface area contributed by atoms with E-state index in [4.69, 9.17) is 16.6 Å². The summed E-state index contributed by atoms with van der Waals surface area (Å²) in [6, 6.07) is 4.91. The van der Waals surface area contributed by atoms with Crippen LogP contribution in [0.25, 0.3) is 0 Å². The first-order chi connectivity index (χ1) is 10.6. The minimum atomic E-state index is -0.404. The number of anilines is 2. The van der Waals surface area contributed by atoms with Gasteiger partial charge in [0, 0.05) is 17.6 Å². The molecule has 0 bridgehead atoms. The van der Waals surface area contributed by atoms with E-state index < -0.39 is 5.82 Å². The monoisotopic (exact) mass is 381 g/mol. The van der Waals surface area contributed by atoms with Crippen molar-refractivity contribution in [2.45, 2.75) is 31.1 Å². The van der Waals surface area contributed by atoms with Crippen LogP contribution in [-0.2, 0) is 5.41 Å². The summed E-state index contributed by atoms with van der Waals surface area (Å²) in [6.07, 6.45) is 6.33. The summed E-state index contributed by atoms with van der Waals surface area (Å²) in [7, 11) is 0. The number of hydrogen-bond donors (Lipinski definition) is 0. The van der Waals surface area contributed by atoms with Crippen LogP contribution in [0.5, 0.6) is 0 Å². The highest BCUT2D eigenvalue weighted by Gasteiger charge is 2.47. The van der Waals surface area contributed by atoms with Crippen LogP contribution >= 0.6 is 27.5 Å². The van der Waals surface area contributed by atoms with Gasteiger partial charge < -0.3 is 4.90 Å². The maximum atomic E-state index is 13.8. The maximum absolute atomic E-state index is 13.8. The lowest BCUT2D eigenvalue weighted by Crippen LogP contribution is -2.29. The Hall–Kier alpha value is -1.20. The van der Waals surface area contributed by atoms with Gasteiger partial charge in [-0.2, -0.15) is 0 Å². The topological polar surface area (TPSA) is 29.0 Å². The van der Waals surface area contributed by atoms with Gasteiger partial charge in [0.05, 0.1) is 16.9 Å². The van der Waals surface area contributed by atoms with Gasteiger partial charge in [0.15, 0.2) is 5.82 Å². The Labute approximate surface area is 141 Å². The molecule has 2 aliphatic rings. The number of halogens is 3. The fourth-order valence-electron chi connectivity index (χ4n) is 3.68. The zero-order valence-electron chi connectivity index (χ0n) is 11.8.